The molecule has 0 radical (unpaired) electrons. The summed E-state index contributed by atoms with van der Waals surface area (Å²) in [5.41, 5.74) is -0.431. The Morgan fingerprint density at radius 1 is 1.21 bits per heavy atom. The van der Waals surface area contributed by atoms with Gasteiger partial charge in [0.15, 0.2) is 0 Å². The van der Waals surface area contributed by atoms with Crippen molar-refractivity contribution in [1.29, 1.82) is 0 Å². The lowest BCUT2D eigenvalue weighted by Gasteiger charge is -2.27. The van der Waals surface area contributed by atoms with E-state index in [9.17, 15) is 17.2 Å². The third-order valence-electron chi connectivity index (χ3n) is 2.63. The molecule has 0 unspecified atom stereocenters. The standard InChI is InChI=1S/C11H15F2NO4S/c1-19(17,18)14(8(6-15)7-16)5-9-10(12)3-2-4-11(9)13/h2-4,8,15-16H,5-7H2,1H3. The Morgan fingerprint density at radius 3 is 2.05 bits per heavy atom. The highest BCUT2D eigenvalue weighted by molar-refractivity contribution is 7.88. The van der Waals surface area contributed by atoms with Gasteiger partial charge in [0, 0.05) is 12.1 Å². The zero-order chi connectivity index (χ0) is 14.6. The van der Waals surface area contributed by atoms with Crippen LogP contribution < -0.4 is 0 Å². The van der Waals surface area contributed by atoms with Gasteiger partial charge in [0.05, 0.1) is 25.5 Å². The van der Waals surface area contributed by atoms with Crippen LogP contribution in [0.3, 0.4) is 0 Å². The molecule has 0 saturated heterocycles. The number of nitrogens with zero attached hydrogens (tertiary/aromatic N) is 1. The van der Waals surface area contributed by atoms with E-state index >= 15 is 0 Å². The Hall–Kier alpha value is -1.09. The second-order valence-corrected chi connectivity index (χ2v) is 5.96. The first kappa shape index (κ1) is 16.0. The van der Waals surface area contributed by atoms with E-state index in [1.165, 1.54) is 0 Å². The van der Waals surface area contributed by atoms with Gasteiger partial charge in [-0.3, -0.25) is 0 Å². The molecule has 0 fully saturated rings. The Morgan fingerprint density at radius 2 is 1.68 bits per heavy atom. The molecule has 1 rings (SSSR count). The van der Waals surface area contributed by atoms with Gasteiger partial charge in [-0.15, -0.1) is 0 Å². The fourth-order valence-corrected chi connectivity index (χ4v) is 2.63. The lowest BCUT2D eigenvalue weighted by Crippen LogP contribution is -2.43. The second-order valence-electron chi connectivity index (χ2n) is 4.03. The molecule has 2 N–H and O–H groups in total. The Labute approximate surface area is 110 Å². The molecule has 0 aliphatic carbocycles. The molecule has 0 aromatic heterocycles. The summed E-state index contributed by atoms with van der Waals surface area (Å²) in [6, 6.07) is 2.03. The average Bonchev–Trinajstić information content (AvgIpc) is 2.31. The predicted octanol–water partition coefficient (Wildman–Crippen LogP) is 0.0796. The van der Waals surface area contributed by atoms with Gasteiger partial charge in [0.1, 0.15) is 11.6 Å². The van der Waals surface area contributed by atoms with Gasteiger partial charge in [-0.05, 0) is 12.1 Å². The molecule has 0 amide bonds. The van der Waals surface area contributed by atoms with Gasteiger partial charge < -0.3 is 10.2 Å². The summed E-state index contributed by atoms with van der Waals surface area (Å²) in [5, 5.41) is 18.0. The van der Waals surface area contributed by atoms with Crippen molar-refractivity contribution < 1.29 is 27.4 Å². The van der Waals surface area contributed by atoms with Crippen LogP contribution in [0.4, 0.5) is 8.78 Å². The Bertz CT molecular complexity index is 511. The largest absolute Gasteiger partial charge is 0.395 e. The van der Waals surface area contributed by atoms with Crippen molar-refractivity contribution in [2.45, 2.75) is 12.6 Å². The summed E-state index contributed by atoms with van der Waals surface area (Å²) in [6.45, 7) is -1.90. The van der Waals surface area contributed by atoms with Crippen LogP contribution in [-0.4, -0.2) is 48.4 Å². The minimum absolute atomic E-state index is 0.431. The van der Waals surface area contributed by atoms with Gasteiger partial charge in [0.25, 0.3) is 0 Å². The van der Waals surface area contributed by atoms with Gasteiger partial charge in [-0.25, -0.2) is 17.2 Å². The molecule has 0 bridgehead atoms. The maximum absolute atomic E-state index is 13.5. The third-order valence-corrected chi connectivity index (χ3v) is 3.91. The summed E-state index contributed by atoms with van der Waals surface area (Å²) in [7, 11) is -3.84. The lowest BCUT2D eigenvalue weighted by atomic mass is 10.2. The molecule has 8 heteroatoms. The smallest absolute Gasteiger partial charge is 0.211 e. The highest BCUT2D eigenvalue weighted by Gasteiger charge is 2.27. The molecule has 0 aliphatic rings. The van der Waals surface area contributed by atoms with E-state index < -0.39 is 53.0 Å². The van der Waals surface area contributed by atoms with Crippen LogP contribution in [0.25, 0.3) is 0 Å². The van der Waals surface area contributed by atoms with Crippen molar-refractivity contribution in [1.82, 2.24) is 4.31 Å². The van der Waals surface area contributed by atoms with Crippen LogP contribution in [0.15, 0.2) is 18.2 Å². The summed E-state index contributed by atoms with van der Waals surface area (Å²) in [6.07, 6.45) is 0.837. The van der Waals surface area contributed by atoms with Crippen LogP contribution in [-0.2, 0) is 16.6 Å². The summed E-state index contributed by atoms with van der Waals surface area (Å²) in [4.78, 5) is 0. The summed E-state index contributed by atoms with van der Waals surface area (Å²) >= 11 is 0. The summed E-state index contributed by atoms with van der Waals surface area (Å²) < 4.78 is 50.8. The Kier molecular flexibility index (Phi) is 5.36. The molecule has 1 aromatic carbocycles. The number of hydrogen-bond donors (Lipinski definition) is 2. The molecule has 0 heterocycles. The highest BCUT2D eigenvalue weighted by atomic mass is 32.2. The lowest BCUT2D eigenvalue weighted by molar-refractivity contribution is 0.119. The fourth-order valence-electron chi connectivity index (χ4n) is 1.60. The maximum Gasteiger partial charge on any atom is 0.211 e. The monoisotopic (exact) mass is 295 g/mol. The van der Waals surface area contributed by atoms with E-state index in [1.807, 2.05) is 0 Å². The number of rotatable bonds is 6. The van der Waals surface area contributed by atoms with E-state index in [2.05, 4.69) is 0 Å². The zero-order valence-electron chi connectivity index (χ0n) is 10.3. The maximum atomic E-state index is 13.5. The zero-order valence-corrected chi connectivity index (χ0v) is 11.1. The van der Waals surface area contributed by atoms with E-state index in [1.54, 1.807) is 0 Å². The first-order valence-electron chi connectivity index (χ1n) is 5.42. The van der Waals surface area contributed by atoms with Crippen LogP contribution in [0.2, 0.25) is 0 Å². The van der Waals surface area contributed by atoms with Crippen molar-refractivity contribution in [3.05, 3.63) is 35.4 Å². The molecular formula is C11H15F2NO4S. The molecule has 1 aromatic rings. The van der Waals surface area contributed by atoms with Gasteiger partial charge >= 0.3 is 0 Å². The number of benzene rings is 1. The van der Waals surface area contributed by atoms with Crippen molar-refractivity contribution in [3.8, 4) is 0 Å². The number of hydrogen-bond acceptors (Lipinski definition) is 4. The van der Waals surface area contributed by atoms with Gasteiger partial charge in [0.2, 0.25) is 10.0 Å². The SMILES string of the molecule is CS(=O)(=O)N(Cc1c(F)cccc1F)C(CO)CO. The minimum Gasteiger partial charge on any atom is -0.395 e. The topological polar surface area (TPSA) is 77.8 Å². The number of sulfonamides is 1. The number of aliphatic hydroxyl groups is 2. The van der Waals surface area contributed by atoms with Crippen molar-refractivity contribution >= 4 is 10.0 Å². The normalized spacial score (nSPS) is 12.4. The minimum atomic E-state index is -3.84. The molecule has 0 saturated carbocycles. The molecular weight excluding hydrogens is 280 g/mol. The third kappa shape index (κ3) is 3.93. The van der Waals surface area contributed by atoms with E-state index in [0.717, 1.165) is 24.5 Å². The molecule has 0 atom stereocenters. The second kappa shape index (κ2) is 6.38. The first-order valence-corrected chi connectivity index (χ1v) is 7.27. The van der Waals surface area contributed by atoms with E-state index in [4.69, 9.17) is 10.2 Å². The van der Waals surface area contributed by atoms with Gasteiger partial charge in [-0.2, -0.15) is 4.31 Å². The predicted molar refractivity (Wildman–Crippen MR) is 64.7 cm³/mol. The number of halogens is 2. The van der Waals surface area contributed by atoms with Crippen LogP contribution in [0.5, 0.6) is 0 Å². The Balaban J connectivity index is 3.15. The quantitative estimate of drug-likeness (QED) is 0.779. The van der Waals surface area contributed by atoms with Gasteiger partial charge in [-0.1, -0.05) is 6.07 Å². The van der Waals surface area contributed by atoms with Crippen molar-refractivity contribution in [2.75, 3.05) is 19.5 Å². The molecule has 0 spiro atoms. The van der Waals surface area contributed by atoms with Crippen molar-refractivity contribution in [3.63, 3.8) is 0 Å². The fraction of sp³-hybridized carbons (Fsp3) is 0.455. The van der Waals surface area contributed by atoms with E-state index in [-0.39, 0.29) is 0 Å². The van der Waals surface area contributed by atoms with Crippen LogP contribution >= 0.6 is 0 Å². The molecule has 19 heavy (non-hydrogen) atoms. The molecule has 108 valence electrons. The molecule has 5 nitrogen and oxygen atoms in total. The molecule has 0 aliphatic heterocycles. The van der Waals surface area contributed by atoms with Crippen molar-refractivity contribution in [2.24, 2.45) is 0 Å². The van der Waals surface area contributed by atoms with Crippen LogP contribution in [0.1, 0.15) is 5.56 Å². The number of aliphatic hydroxyl groups excluding tert-OH is 2. The summed E-state index contributed by atoms with van der Waals surface area (Å²) in [5.74, 6) is -1.77. The van der Waals surface area contributed by atoms with E-state index in [0.29, 0.717) is 4.31 Å². The highest BCUT2D eigenvalue weighted by Crippen LogP contribution is 2.18. The van der Waals surface area contributed by atoms with Crippen LogP contribution in [0, 0.1) is 11.6 Å². The first-order chi connectivity index (χ1) is 8.81. The average molecular weight is 295 g/mol.